The molecule has 1 aliphatic carbocycles. The number of benzene rings is 1. The first-order valence-corrected chi connectivity index (χ1v) is 8.25. The number of hydrogen-bond acceptors (Lipinski definition) is 4. The minimum Gasteiger partial charge on any atom is -0.466 e. The summed E-state index contributed by atoms with van der Waals surface area (Å²) in [6, 6.07) is 8.41. The van der Waals surface area contributed by atoms with Gasteiger partial charge in [-0.15, -0.1) is 0 Å². The van der Waals surface area contributed by atoms with E-state index in [1.54, 1.807) is 36.4 Å². The van der Waals surface area contributed by atoms with Crippen LogP contribution < -0.4 is 0 Å². The third-order valence-corrected chi connectivity index (χ3v) is 5.30. The Hall–Kier alpha value is -1.62. The van der Waals surface area contributed by atoms with E-state index >= 15 is 0 Å². The average molecular weight is 294 g/mol. The van der Waals surface area contributed by atoms with E-state index in [0.29, 0.717) is 16.9 Å². The summed E-state index contributed by atoms with van der Waals surface area (Å²) in [4.78, 5) is 11.8. The standard InChI is InChI=1S/C15H18O4S/c1-19-15(16)13-7-5-6-12(10-13)11-20(17,18)14-8-3-2-4-9-14/h2-4,8-10,12H,5-7,11H2,1H3. The van der Waals surface area contributed by atoms with E-state index in [1.807, 2.05) is 0 Å². The lowest BCUT2D eigenvalue weighted by molar-refractivity contribution is -0.136. The normalized spacial score (nSPS) is 19.2. The predicted molar refractivity (Wildman–Crippen MR) is 75.9 cm³/mol. The summed E-state index contributed by atoms with van der Waals surface area (Å²) in [5.41, 5.74) is 0.590. The maximum absolute atomic E-state index is 12.3. The van der Waals surface area contributed by atoms with Crippen LogP contribution in [0.25, 0.3) is 0 Å². The van der Waals surface area contributed by atoms with Gasteiger partial charge >= 0.3 is 5.97 Å². The van der Waals surface area contributed by atoms with E-state index in [9.17, 15) is 13.2 Å². The van der Waals surface area contributed by atoms with E-state index < -0.39 is 9.84 Å². The second kappa shape index (κ2) is 6.22. The molecule has 1 aliphatic rings. The van der Waals surface area contributed by atoms with Crippen LogP contribution in [0.3, 0.4) is 0 Å². The molecule has 1 atom stereocenters. The summed E-state index contributed by atoms with van der Waals surface area (Å²) in [6.45, 7) is 0. The molecule has 0 fully saturated rings. The largest absolute Gasteiger partial charge is 0.466 e. The van der Waals surface area contributed by atoms with E-state index in [4.69, 9.17) is 4.74 Å². The SMILES string of the molecule is COC(=O)C1=CC(CS(=O)(=O)c2ccccc2)CCC1. The fourth-order valence-electron chi connectivity index (χ4n) is 2.44. The smallest absolute Gasteiger partial charge is 0.333 e. The molecule has 0 amide bonds. The van der Waals surface area contributed by atoms with Gasteiger partial charge < -0.3 is 4.74 Å². The molecule has 0 saturated carbocycles. The quantitative estimate of drug-likeness (QED) is 0.800. The molecule has 0 aromatic heterocycles. The Morgan fingerprint density at radius 2 is 2.00 bits per heavy atom. The van der Waals surface area contributed by atoms with Crippen molar-refractivity contribution in [2.75, 3.05) is 12.9 Å². The monoisotopic (exact) mass is 294 g/mol. The zero-order valence-electron chi connectivity index (χ0n) is 11.4. The number of sulfone groups is 1. The van der Waals surface area contributed by atoms with E-state index in [2.05, 4.69) is 0 Å². The van der Waals surface area contributed by atoms with Gasteiger partial charge in [0.15, 0.2) is 9.84 Å². The first kappa shape index (κ1) is 14.8. The zero-order valence-corrected chi connectivity index (χ0v) is 12.2. The Morgan fingerprint density at radius 3 is 2.65 bits per heavy atom. The van der Waals surface area contributed by atoms with Crippen LogP contribution in [0.2, 0.25) is 0 Å². The van der Waals surface area contributed by atoms with Gasteiger partial charge in [-0.3, -0.25) is 0 Å². The van der Waals surface area contributed by atoms with Crippen molar-refractivity contribution >= 4 is 15.8 Å². The molecule has 2 rings (SSSR count). The van der Waals surface area contributed by atoms with Crippen molar-refractivity contribution in [2.24, 2.45) is 5.92 Å². The van der Waals surface area contributed by atoms with Gasteiger partial charge in [-0.2, -0.15) is 0 Å². The van der Waals surface area contributed by atoms with Crippen LogP contribution in [-0.2, 0) is 19.4 Å². The molecule has 1 aromatic carbocycles. The average Bonchev–Trinajstić information content (AvgIpc) is 2.47. The summed E-state index contributed by atoms with van der Waals surface area (Å²) in [7, 11) is -1.97. The maximum Gasteiger partial charge on any atom is 0.333 e. The molecular formula is C15H18O4S. The summed E-state index contributed by atoms with van der Waals surface area (Å²) in [5, 5.41) is 0. The third kappa shape index (κ3) is 3.48. The summed E-state index contributed by atoms with van der Waals surface area (Å²) >= 11 is 0. The van der Waals surface area contributed by atoms with Crippen molar-refractivity contribution in [3.63, 3.8) is 0 Å². The van der Waals surface area contributed by atoms with Crippen molar-refractivity contribution in [3.05, 3.63) is 42.0 Å². The molecule has 0 heterocycles. The van der Waals surface area contributed by atoms with E-state index in [1.165, 1.54) is 7.11 Å². The number of methoxy groups -OCH3 is 1. The topological polar surface area (TPSA) is 60.4 Å². The van der Waals surface area contributed by atoms with Gasteiger partial charge in [0.1, 0.15) is 0 Å². The number of rotatable bonds is 4. The summed E-state index contributed by atoms with van der Waals surface area (Å²) < 4.78 is 29.3. The Bertz CT molecular complexity index is 602. The molecule has 20 heavy (non-hydrogen) atoms. The van der Waals surface area contributed by atoms with Crippen LogP contribution in [0.5, 0.6) is 0 Å². The van der Waals surface area contributed by atoms with Gasteiger partial charge in [0, 0.05) is 5.57 Å². The van der Waals surface area contributed by atoms with Gasteiger partial charge in [-0.05, 0) is 37.3 Å². The highest BCUT2D eigenvalue weighted by Crippen LogP contribution is 2.26. The van der Waals surface area contributed by atoms with Gasteiger partial charge in [0.05, 0.1) is 17.8 Å². The van der Waals surface area contributed by atoms with Gasteiger partial charge in [-0.1, -0.05) is 24.3 Å². The maximum atomic E-state index is 12.3. The second-order valence-corrected chi connectivity index (χ2v) is 6.96. The fourth-order valence-corrected chi connectivity index (χ4v) is 4.04. The number of carbonyl (C=O) groups is 1. The molecule has 0 N–H and O–H groups in total. The first-order valence-electron chi connectivity index (χ1n) is 6.60. The Kier molecular flexibility index (Phi) is 4.60. The van der Waals surface area contributed by atoms with E-state index in [-0.39, 0.29) is 17.6 Å². The van der Waals surface area contributed by atoms with Crippen LogP contribution in [0.15, 0.2) is 46.9 Å². The lowest BCUT2D eigenvalue weighted by Gasteiger charge is -2.19. The Labute approximate surface area is 119 Å². The zero-order chi connectivity index (χ0) is 14.6. The second-order valence-electron chi connectivity index (χ2n) is 4.93. The van der Waals surface area contributed by atoms with Crippen LogP contribution in [0, 0.1) is 5.92 Å². The number of hydrogen-bond donors (Lipinski definition) is 0. The van der Waals surface area contributed by atoms with Crippen LogP contribution >= 0.6 is 0 Å². The molecule has 5 heteroatoms. The number of carbonyl (C=O) groups excluding carboxylic acids is 1. The van der Waals surface area contributed by atoms with Crippen molar-refractivity contribution in [1.82, 2.24) is 0 Å². The van der Waals surface area contributed by atoms with Crippen molar-refractivity contribution in [2.45, 2.75) is 24.2 Å². The molecule has 108 valence electrons. The molecule has 1 aromatic rings. The van der Waals surface area contributed by atoms with Crippen LogP contribution in [0.4, 0.5) is 0 Å². The molecule has 0 spiro atoms. The van der Waals surface area contributed by atoms with Crippen molar-refractivity contribution in [3.8, 4) is 0 Å². The predicted octanol–water partition coefficient (Wildman–Crippen LogP) is 2.36. The molecular weight excluding hydrogens is 276 g/mol. The van der Waals surface area contributed by atoms with Crippen LogP contribution in [0.1, 0.15) is 19.3 Å². The number of allylic oxidation sites excluding steroid dienone is 1. The Morgan fingerprint density at radius 1 is 1.30 bits per heavy atom. The number of esters is 1. The summed E-state index contributed by atoms with van der Waals surface area (Å²) in [6.07, 6.45) is 4.02. The molecule has 0 bridgehead atoms. The van der Waals surface area contributed by atoms with E-state index in [0.717, 1.165) is 12.8 Å². The van der Waals surface area contributed by atoms with Crippen molar-refractivity contribution < 1.29 is 17.9 Å². The highest BCUT2D eigenvalue weighted by molar-refractivity contribution is 7.91. The third-order valence-electron chi connectivity index (χ3n) is 3.44. The molecule has 0 saturated heterocycles. The minimum atomic E-state index is -3.31. The Balaban J connectivity index is 2.16. The van der Waals surface area contributed by atoms with Crippen molar-refractivity contribution in [1.29, 1.82) is 0 Å². The highest BCUT2D eigenvalue weighted by Gasteiger charge is 2.24. The minimum absolute atomic E-state index is 0.0392. The lowest BCUT2D eigenvalue weighted by atomic mass is 9.92. The van der Waals surface area contributed by atoms with Crippen LogP contribution in [-0.4, -0.2) is 27.2 Å². The summed E-state index contributed by atoms with van der Waals surface area (Å²) in [5.74, 6) is -0.438. The van der Waals surface area contributed by atoms with Gasteiger partial charge in [0.2, 0.25) is 0 Å². The molecule has 0 radical (unpaired) electrons. The fraction of sp³-hybridized carbons (Fsp3) is 0.400. The molecule has 0 aliphatic heterocycles. The molecule has 1 unspecified atom stereocenters. The lowest BCUT2D eigenvalue weighted by Crippen LogP contribution is -2.19. The highest BCUT2D eigenvalue weighted by atomic mass is 32.2. The number of ether oxygens (including phenoxy) is 1. The van der Waals surface area contributed by atoms with Gasteiger partial charge in [0.25, 0.3) is 0 Å². The van der Waals surface area contributed by atoms with Gasteiger partial charge in [-0.25, -0.2) is 13.2 Å². The first-order chi connectivity index (χ1) is 9.53. The molecule has 4 nitrogen and oxygen atoms in total.